The van der Waals surface area contributed by atoms with E-state index in [1.54, 1.807) is 18.6 Å². The van der Waals surface area contributed by atoms with Crippen molar-refractivity contribution in [3.63, 3.8) is 0 Å². The van der Waals surface area contributed by atoms with E-state index in [0.29, 0.717) is 16.4 Å². The lowest BCUT2D eigenvalue weighted by molar-refractivity contribution is 1.24. The molecule has 19 heavy (non-hydrogen) atoms. The van der Waals surface area contributed by atoms with Crippen LogP contribution >= 0.6 is 27.5 Å². The van der Waals surface area contributed by atoms with Crippen molar-refractivity contribution in [2.45, 2.75) is 0 Å². The first-order valence-corrected chi connectivity index (χ1v) is 6.69. The molecule has 2 heterocycles. The quantitative estimate of drug-likeness (QED) is 0.763. The van der Waals surface area contributed by atoms with Crippen LogP contribution in [-0.4, -0.2) is 15.0 Å². The van der Waals surface area contributed by atoms with Gasteiger partial charge in [-0.15, -0.1) is 0 Å². The van der Waals surface area contributed by atoms with Gasteiger partial charge in [0.15, 0.2) is 5.82 Å². The van der Waals surface area contributed by atoms with Gasteiger partial charge in [0.2, 0.25) is 0 Å². The molecule has 0 aliphatic rings. The van der Waals surface area contributed by atoms with Crippen molar-refractivity contribution in [1.29, 1.82) is 0 Å². The van der Waals surface area contributed by atoms with Gasteiger partial charge in [0, 0.05) is 23.1 Å². The summed E-state index contributed by atoms with van der Waals surface area (Å²) in [5.74, 6) is 0.630. The van der Waals surface area contributed by atoms with E-state index in [4.69, 9.17) is 11.6 Å². The number of pyridine rings is 1. The standard InChI is InChI=1S/C13H8BrClN4/c14-8-2-1-3-9(11(8)15)19-13-12-10(4-5-18-13)16-6-7-17-12/h1-7H,(H,18,19). The molecule has 94 valence electrons. The molecular weight excluding hydrogens is 328 g/mol. The molecule has 0 saturated heterocycles. The van der Waals surface area contributed by atoms with Crippen molar-refractivity contribution in [3.8, 4) is 0 Å². The predicted molar refractivity (Wildman–Crippen MR) is 79.8 cm³/mol. The Labute approximate surface area is 123 Å². The number of nitrogens with zero attached hydrogens (tertiary/aromatic N) is 3. The highest BCUT2D eigenvalue weighted by Gasteiger charge is 2.08. The highest BCUT2D eigenvalue weighted by Crippen LogP contribution is 2.32. The van der Waals surface area contributed by atoms with E-state index in [-0.39, 0.29) is 0 Å². The Morgan fingerprint density at radius 2 is 1.84 bits per heavy atom. The van der Waals surface area contributed by atoms with E-state index in [1.165, 1.54) is 0 Å². The molecule has 0 saturated carbocycles. The molecule has 0 radical (unpaired) electrons. The second kappa shape index (κ2) is 5.11. The van der Waals surface area contributed by atoms with Crippen LogP contribution in [0.5, 0.6) is 0 Å². The molecule has 0 spiro atoms. The smallest absolute Gasteiger partial charge is 0.158 e. The molecule has 4 nitrogen and oxygen atoms in total. The molecular formula is C13H8BrClN4. The van der Waals surface area contributed by atoms with Gasteiger partial charge in [0.05, 0.1) is 16.2 Å². The molecule has 1 aromatic carbocycles. The van der Waals surface area contributed by atoms with Gasteiger partial charge in [-0.05, 0) is 34.1 Å². The van der Waals surface area contributed by atoms with Gasteiger partial charge in [0.1, 0.15) is 5.52 Å². The third kappa shape index (κ3) is 2.39. The molecule has 0 fully saturated rings. The van der Waals surface area contributed by atoms with E-state index < -0.39 is 0 Å². The zero-order valence-electron chi connectivity index (χ0n) is 9.64. The Morgan fingerprint density at radius 1 is 1.00 bits per heavy atom. The summed E-state index contributed by atoms with van der Waals surface area (Å²) in [6.07, 6.45) is 4.97. The summed E-state index contributed by atoms with van der Waals surface area (Å²) in [5.41, 5.74) is 2.26. The average molecular weight is 336 g/mol. The number of rotatable bonds is 2. The summed E-state index contributed by atoms with van der Waals surface area (Å²) in [6, 6.07) is 7.47. The van der Waals surface area contributed by atoms with Gasteiger partial charge in [-0.25, -0.2) is 9.97 Å². The van der Waals surface area contributed by atoms with E-state index in [2.05, 4.69) is 36.2 Å². The number of halogens is 2. The fourth-order valence-electron chi connectivity index (χ4n) is 1.72. The molecule has 3 rings (SSSR count). The second-order valence-corrected chi connectivity index (χ2v) is 5.04. The second-order valence-electron chi connectivity index (χ2n) is 3.81. The summed E-state index contributed by atoms with van der Waals surface area (Å²) in [4.78, 5) is 12.8. The van der Waals surface area contributed by atoms with Crippen molar-refractivity contribution in [2.75, 3.05) is 5.32 Å². The van der Waals surface area contributed by atoms with Gasteiger partial charge >= 0.3 is 0 Å². The number of benzene rings is 1. The minimum Gasteiger partial charge on any atom is -0.337 e. The maximum absolute atomic E-state index is 6.22. The fourth-order valence-corrected chi connectivity index (χ4v) is 2.26. The fraction of sp³-hybridized carbons (Fsp3) is 0. The first kappa shape index (κ1) is 12.3. The van der Waals surface area contributed by atoms with Crippen molar-refractivity contribution >= 4 is 50.1 Å². The van der Waals surface area contributed by atoms with Crippen molar-refractivity contribution in [3.05, 3.63) is 52.4 Å². The zero-order valence-corrected chi connectivity index (χ0v) is 12.0. The first-order valence-electron chi connectivity index (χ1n) is 5.52. The molecule has 6 heteroatoms. The number of fused-ring (bicyclic) bond motifs is 1. The number of nitrogens with one attached hydrogen (secondary N) is 1. The van der Waals surface area contributed by atoms with Crippen LogP contribution < -0.4 is 5.32 Å². The van der Waals surface area contributed by atoms with Gasteiger partial charge in [-0.2, -0.15) is 0 Å². The Bertz CT molecular complexity index is 742. The largest absolute Gasteiger partial charge is 0.337 e. The van der Waals surface area contributed by atoms with Gasteiger partial charge in [-0.3, -0.25) is 4.98 Å². The molecule has 0 amide bonds. The first-order chi connectivity index (χ1) is 9.25. The molecule has 0 unspecified atom stereocenters. The SMILES string of the molecule is Clc1c(Br)cccc1Nc1nccc2nccnc12. The predicted octanol–water partition coefficient (Wildman–Crippen LogP) is 4.18. The highest BCUT2D eigenvalue weighted by molar-refractivity contribution is 9.10. The number of anilines is 2. The van der Waals surface area contributed by atoms with Crippen LogP contribution in [0.15, 0.2) is 47.3 Å². The minimum atomic E-state index is 0.602. The minimum absolute atomic E-state index is 0.602. The summed E-state index contributed by atoms with van der Waals surface area (Å²) in [7, 11) is 0. The molecule has 0 bridgehead atoms. The summed E-state index contributed by atoms with van der Waals surface area (Å²) in [5, 5.41) is 3.78. The van der Waals surface area contributed by atoms with Crippen LogP contribution in [0.2, 0.25) is 5.02 Å². The lowest BCUT2D eigenvalue weighted by Gasteiger charge is -2.09. The van der Waals surface area contributed by atoms with Crippen LogP contribution in [0.3, 0.4) is 0 Å². The van der Waals surface area contributed by atoms with E-state index in [1.807, 2.05) is 24.3 Å². The number of aromatic nitrogens is 3. The lowest BCUT2D eigenvalue weighted by atomic mass is 10.3. The topological polar surface area (TPSA) is 50.7 Å². The Morgan fingerprint density at radius 3 is 2.74 bits per heavy atom. The normalized spacial score (nSPS) is 10.6. The van der Waals surface area contributed by atoms with Crippen LogP contribution in [0.1, 0.15) is 0 Å². The van der Waals surface area contributed by atoms with Crippen LogP contribution in [0.4, 0.5) is 11.5 Å². The maximum Gasteiger partial charge on any atom is 0.158 e. The number of hydrogen-bond acceptors (Lipinski definition) is 4. The van der Waals surface area contributed by atoms with E-state index in [9.17, 15) is 0 Å². The summed E-state index contributed by atoms with van der Waals surface area (Å²) in [6.45, 7) is 0. The van der Waals surface area contributed by atoms with Crippen LogP contribution in [0.25, 0.3) is 11.0 Å². The van der Waals surface area contributed by atoms with Gasteiger partial charge < -0.3 is 5.32 Å². The summed E-state index contributed by atoms with van der Waals surface area (Å²) < 4.78 is 0.825. The van der Waals surface area contributed by atoms with E-state index >= 15 is 0 Å². The Hall–Kier alpha value is -1.72. The van der Waals surface area contributed by atoms with Crippen molar-refractivity contribution in [2.24, 2.45) is 0 Å². The Balaban J connectivity index is 2.09. The maximum atomic E-state index is 6.22. The van der Waals surface area contributed by atoms with Gasteiger partial charge in [0.25, 0.3) is 0 Å². The van der Waals surface area contributed by atoms with Crippen molar-refractivity contribution in [1.82, 2.24) is 15.0 Å². The third-order valence-electron chi connectivity index (χ3n) is 2.59. The number of hydrogen-bond donors (Lipinski definition) is 1. The molecule has 2 aromatic heterocycles. The molecule has 0 atom stereocenters. The molecule has 0 aliphatic heterocycles. The monoisotopic (exact) mass is 334 g/mol. The highest BCUT2D eigenvalue weighted by atomic mass is 79.9. The van der Waals surface area contributed by atoms with Crippen LogP contribution in [-0.2, 0) is 0 Å². The van der Waals surface area contributed by atoms with Crippen molar-refractivity contribution < 1.29 is 0 Å². The molecule has 0 aliphatic carbocycles. The lowest BCUT2D eigenvalue weighted by Crippen LogP contribution is -1.97. The molecule has 1 N–H and O–H groups in total. The van der Waals surface area contributed by atoms with E-state index in [0.717, 1.165) is 15.7 Å². The van der Waals surface area contributed by atoms with Crippen LogP contribution in [0, 0.1) is 0 Å². The zero-order chi connectivity index (χ0) is 13.2. The van der Waals surface area contributed by atoms with Gasteiger partial charge in [-0.1, -0.05) is 17.7 Å². The summed E-state index contributed by atoms with van der Waals surface area (Å²) >= 11 is 9.61. The third-order valence-corrected chi connectivity index (χ3v) is 3.89. The average Bonchev–Trinajstić information content (AvgIpc) is 2.44. The molecule has 3 aromatic rings. The Kier molecular flexibility index (Phi) is 3.31.